The van der Waals surface area contributed by atoms with Gasteiger partial charge < -0.3 is 5.32 Å². The van der Waals surface area contributed by atoms with Gasteiger partial charge in [-0.1, -0.05) is 6.07 Å². The van der Waals surface area contributed by atoms with E-state index >= 15 is 0 Å². The molecule has 82 valence electrons. The quantitative estimate of drug-likeness (QED) is 0.812. The van der Waals surface area contributed by atoms with Gasteiger partial charge in [-0.3, -0.25) is 9.78 Å². The van der Waals surface area contributed by atoms with Crippen molar-refractivity contribution in [1.29, 1.82) is 0 Å². The average Bonchev–Trinajstić information content (AvgIpc) is 2.28. The molecule has 1 aromatic heterocycles. The van der Waals surface area contributed by atoms with Gasteiger partial charge in [0, 0.05) is 17.3 Å². The highest BCUT2D eigenvalue weighted by atomic mass is 35.5. The Morgan fingerprint density at radius 3 is 3.00 bits per heavy atom. The predicted octanol–water partition coefficient (Wildman–Crippen LogP) is 2.80. The highest BCUT2D eigenvalue weighted by Gasteiger charge is 2.08. The first-order chi connectivity index (χ1) is 7.66. The molecule has 1 N–H and O–H groups in total. The van der Waals surface area contributed by atoms with Crippen molar-refractivity contribution < 1.29 is 4.79 Å². The summed E-state index contributed by atoms with van der Waals surface area (Å²) in [5.74, 6) is -0.204. The Hall–Kier alpha value is -1.61. The van der Waals surface area contributed by atoms with E-state index in [1.807, 2.05) is 30.3 Å². The minimum atomic E-state index is -0.537. The number of pyridine rings is 1. The molecule has 1 atom stereocenters. The van der Waals surface area contributed by atoms with Crippen LogP contribution >= 0.6 is 11.6 Å². The molecule has 3 nitrogen and oxygen atoms in total. The van der Waals surface area contributed by atoms with E-state index in [0.29, 0.717) is 0 Å². The van der Waals surface area contributed by atoms with E-state index in [2.05, 4.69) is 10.3 Å². The largest absolute Gasteiger partial charge is 0.325 e. The number of carbonyl (C=O) groups is 1. The molecule has 0 radical (unpaired) electrons. The van der Waals surface area contributed by atoms with Crippen LogP contribution in [0.25, 0.3) is 10.9 Å². The topological polar surface area (TPSA) is 42.0 Å². The van der Waals surface area contributed by atoms with E-state index in [0.717, 1.165) is 16.6 Å². The SMILES string of the molecule is CC(Cl)C(=O)Nc1ccc2ncccc2c1. The number of nitrogens with one attached hydrogen (secondary N) is 1. The lowest BCUT2D eigenvalue weighted by Gasteiger charge is -2.07. The van der Waals surface area contributed by atoms with Crippen molar-refractivity contribution in [2.24, 2.45) is 0 Å². The van der Waals surface area contributed by atoms with Gasteiger partial charge in [-0.05, 0) is 31.2 Å². The molecule has 2 rings (SSSR count). The van der Waals surface area contributed by atoms with Crippen LogP contribution in [0.2, 0.25) is 0 Å². The molecule has 0 saturated heterocycles. The molecule has 16 heavy (non-hydrogen) atoms. The Balaban J connectivity index is 2.29. The van der Waals surface area contributed by atoms with Gasteiger partial charge in [-0.2, -0.15) is 0 Å². The van der Waals surface area contributed by atoms with Crippen LogP contribution < -0.4 is 5.32 Å². The molecule has 0 saturated carbocycles. The number of anilines is 1. The van der Waals surface area contributed by atoms with Gasteiger partial charge in [0.05, 0.1) is 5.52 Å². The summed E-state index contributed by atoms with van der Waals surface area (Å²) in [6.07, 6.45) is 1.74. The molecule has 4 heteroatoms. The molecule has 2 aromatic rings. The van der Waals surface area contributed by atoms with Crippen LogP contribution in [0.15, 0.2) is 36.5 Å². The van der Waals surface area contributed by atoms with Crippen molar-refractivity contribution >= 4 is 34.1 Å². The fraction of sp³-hybridized carbons (Fsp3) is 0.167. The first-order valence-corrected chi connectivity index (χ1v) is 5.40. The zero-order valence-electron chi connectivity index (χ0n) is 8.77. The summed E-state index contributed by atoms with van der Waals surface area (Å²) in [7, 11) is 0. The lowest BCUT2D eigenvalue weighted by molar-refractivity contribution is -0.115. The molecule has 1 heterocycles. The van der Waals surface area contributed by atoms with E-state index in [4.69, 9.17) is 11.6 Å². The van der Waals surface area contributed by atoms with Crippen molar-refractivity contribution in [1.82, 2.24) is 4.98 Å². The summed E-state index contributed by atoms with van der Waals surface area (Å²) < 4.78 is 0. The number of aromatic nitrogens is 1. The normalized spacial score (nSPS) is 12.4. The number of hydrogen-bond donors (Lipinski definition) is 1. The van der Waals surface area contributed by atoms with Crippen LogP contribution in [-0.2, 0) is 4.79 Å². The second-order valence-corrected chi connectivity index (χ2v) is 4.17. The highest BCUT2D eigenvalue weighted by molar-refractivity contribution is 6.32. The fourth-order valence-corrected chi connectivity index (χ4v) is 1.45. The molecule has 1 aromatic carbocycles. The van der Waals surface area contributed by atoms with E-state index in [1.54, 1.807) is 13.1 Å². The average molecular weight is 235 g/mol. The lowest BCUT2D eigenvalue weighted by atomic mass is 10.2. The summed E-state index contributed by atoms with van der Waals surface area (Å²) in [4.78, 5) is 15.6. The number of nitrogens with zero attached hydrogens (tertiary/aromatic N) is 1. The van der Waals surface area contributed by atoms with Crippen molar-refractivity contribution in [3.8, 4) is 0 Å². The smallest absolute Gasteiger partial charge is 0.242 e. The Bertz CT molecular complexity index is 525. The van der Waals surface area contributed by atoms with Crippen molar-refractivity contribution in [2.75, 3.05) is 5.32 Å². The van der Waals surface area contributed by atoms with Crippen LogP contribution in [-0.4, -0.2) is 16.3 Å². The highest BCUT2D eigenvalue weighted by Crippen LogP contribution is 2.17. The third kappa shape index (κ3) is 2.31. The minimum Gasteiger partial charge on any atom is -0.325 e. The fourth-order valence-electron chi connectivity index (χ4n) is 1.40. The molecule has 0 bridgehead atoms. The molecule has 0 spiro atoms. The summed E-state index contributed by atoms with van der Waals surface area (Å²) >= 11 is 5.67. The summed E-state index contributed by atoms with van der Waals surface area (Å²) in [5, 5.41) is 3.19. The van der Waals surface area contributed by atoms with E-state index in [-0.39, 0.29) is 5.91 Å². The van der Waals surface area contributed by atoms with Gasteiger partial charge in [0.25, 0.3) is 0 Å². The molecule has 0 aliphatic heterocycles. The maximum atomic E-state index is 11.4. The number of carbonyl (C=O) groups excluding carboxylic acids is 1. The van der Waals surface area contributed by atoms with Gasteiger partial charge in [0.15, 0.2) is 0 Å². The lowest BCUT2D eigenvalue weighted by Crippen LogP contribution is -2.20. The molecular weight excluding hydrogens is 224 g/mol. The first-order valence-electron chi connectivity index (χ1n) is 4.96. The van der Waals surface area contributed by atoms with E-state index in [1.165, 1.54) is 0 Å². The summed E-state index contributed by atoms with van der Waals surface area (Å²) in [6, 6.07) is 9.36. The minimum absolute atomic E-state index is 0.204. The van der Waals surface area contributed by atoms with E-state index < -0.39 is 5.38 Å². The molecule has 0 aliphatic carbocycles. The third-order valence-electron chi connectivity index (χ3n) is 2.23. The number of benzene rings is 1. The molecule has 1 amide bonds. The summed E-state index contributed by atoms with van der Waals surface area (Å²) in [6.45, 7) is 1.64. The number of alkyl halides is 1. The monoisotopic (exact) mass is 234 g/mol. The number of amides is 1. The van der Waals surface area contributed by atoms with E-state index in [9.17, 15) is 4.79 Å². The molecule has 0 aliphatic rings. The van der Waals surface area contributed by atoms with Gasteiger partial charge in [-0.25, -0.2) is 0 Å². The third-order valence-corrected chi connectivity index (χ3v) is 2.43. The second-order valence-electron chi connectivity index (χ2n) is 3.52. The van der Waals surface area contributed by atoms with Crippen molar-refractivity contribution in [3.05, 3.63) is 36.5 Å². The summed E-state index contributed by atoms with van der Waals surface area (Å²) in [5.41, 5.74) is 1.64. The van der Waals surface area contributed by atoms with Gasteiger partial charge in [0.1, 0.15) is 5.38 Å². The van der Waals surface area contributed by atoms with Crippen LogP contribution in [0.1, 0.15) is 6.92 Å². The van der Waals surface area contributed by atoms with Crippen LogP contribution in [0.5, 0.6) is 0 Å². The Labute approximate surface area is 98.4 Å². The zero-order chi connectivity index (χ0) is 11.5. The Kier molecular flexibility index (Phi) is 3.06. The molecule has 1 unspecified atom stereocenters. The number of hydrogen-bond acceptors (Lipinski definition) is 2. The predicted molar refractivity (Wildman–Crippen MR) is 65.7 cm³/mol. The maximum absolute atomic E-state index is 11.4. The van der Waals surface area contributed by atoms with Gasteiger partial charge >= 0.3 is 0 Å². The Morgan fingerprint density at radius 1 is 1.44 bits per heavy atom. The number of rotatable bonds is 2. The maximum Gasteiger partial charge on any atom is 0.242 e. The Morgan fingerprint density at radius 2 is 2.25 bits per heavy atom. The van der Waals surface area contributed by atoms with Crippen LogP contribution in [0, 0.1) is 0 Å². The molecular formula is C12H11ClN2O. The van der Waals surface area contributed by atoms with Gasteiger partial charge in [-0.15, -0.1) is 11.6 Å². The van der Waals surface area contributed by atoms with Gasteiger partial charge in [0.2, 0.25) is 5.91 Å². The van der Waals surface area contributed by atoms with Crippen molar-refractivity contribution in [3.63, 3.8) is 0 Å². The van der Waals surface area contributed by atoms with Crippen molar-refractivity contribution in [2.45, 2.75) is 12.3 Å². The standard InChI is InChI=1S/C12H11ClN2O/c1-8(13)12(16)15-10-4-5-11-9(7-10)3-2-6-14-11/h2-8H,1H3,(H,15,16). The number of halogens is 1. The van der Waals surface area contributed by atoms with Crippen LogP contribution in [0.3, 0.4) is 0 Å². The first kappa shape index (κ1) is 10.9. The second kappa shape index (κ2) is 4.49. The molecule has 0 fully saturated rings. The zero-order valence-corrected chi connectivity index (χ0v) is 9.53. The van der Waals surface area contributed by atoms with Crippen LogP contribution in [0.4, 0.5) is 5.69 Å². The number of fused-ring (bicyclic) bond motifs is 1.